The number of rotatable bonds is 4. The van der Waals surface area contributed by atoms with Crippen LogP contribution in [-0.2, 0) is 16.6 Å². The second-order valence-electron chi connectivity index (χ2n) is 4.24. The molecule has 0 spiro atoms. The fourth-order valence-corrected chi connectivity index (χ4v) is 2.86. The Hall–Kier alpha value is -1.44. The van der Waals surface area contributed by atoms with Crippen LogP contribution in [0.15, 0.2) is 28.6 Å². The second-order valence-corrected chi connectivity index (χ2v) is 6.78. The lowest BCUT2D eigenvalue weighted by Crippen LogP contribution is -2.13. The fraction of sp³-hybridized carbons (Fsp3) is 0.250. The molecule has 0 aliphatic rings. The second kappa shape index (κ2) is 5.28. The zero-order chi connectivity index (χ0) is 14.0. The van der Waals surface area contributed by atoms with E-state index >= 15 is 0 Å². The normalized spacial score (nSPS) is 11.5. The number of nitrogens with one attached hydrogen (secondary N) is 1. The third-order valence-electron chi connectivity index (χ3n) is 2.88. The number of nitrogens with two attached hydrogens (primary N) is 1. The van der Waals surface area contributed by atoms with Gasteiger partial charge in [0.25, 0.3) is 0 Å². The van der Waals surface area contributed by atoms with Gasteiger partial charge >= 0.3 is 0 Å². The number of hydrogen-bond donors (Lipinski definition) is 2. The van der Waals surface area contributed by atoms with E-state index in [1.54, 1.807) is 29.7 Å². The Morgan fingerprint density at radius 1 is 1.37 bits per heavy atom. The lowest BCUT2D eigenvalue weighted by Gasteiger charge is -2.12. The molecule has 19 heavy (non-hydrogen) atoms. The number of sulfonamides is 1. The van der Waals surface area contributed by atoms with Crippen molar-refractivity contribution in [3.8, 4) is 0 Å². The molecule has 0 radical (unpaired) electrons. The summed E-state index contributed by atoms with van der Waals surface area (Å²) in [5, 5.41) is 11.2. The van der Waals surface area contributed by atoms with E-state index in [4.69, 9.17) is 5.14 Å². The quantitative estimate of drug-likeness (QED) is 0.904. The van der Waals surface area contributed by atoms with Crippen LogP contribution in [0.3, 0.4) is 0 Å². The van der Waals surface area contributed by atoms with Crippen LogP contribution < -0.4 is 10.5 Å². The van der Waals surface area contributed by atoms with Crippen LogP contribution in [0.5, 0.6) is 0 Å². The summed E-state index contributed by atoms with van der Waals surface area (Å²) in [4.78, 5) is 4.29. The maximum absolute atomic E-state index is 11.4. The summed E-state index contributed by atoms with van der Waals surface area (Å²) in [5.41, 5.74) is 2.65. The van der Waals surface area contributed by atoms with Gasteiger partial charge in [-0.2, -0.15) is 0 Å². The van der Waals surface area contributed by atoms with Crippen molar-refractivity contribution in [2.24, 2.45) is 5.14 Å². The van der Waals surface area contributed by atoms with E-state index < -0.39 is 10.0 Å². The van der Waals surface area contributed by atoms with Gasteiger partial charge in [-0.25, -0.2) is 18.5 Å². The van der Waals surface area contributed by atoms with Crippen molar-refractivity contribution in [2.75, 3.05) is 5.32 Å². The number of primary sulfonamides is 1. The number of hydrogen-bond acceptors (Lipinski definition) is 5. The number of nitrogens with zero attached hydrogens (tertiary/aromatic N) is 1. The van der Waals surface area contributed by atoms with Gasteiger partial charge in [0.2, 0.25) is 10.0 Å². The topological polar surface area (TPSA) is 85.1 Å². The average molecular weight is 297 g/mol. The van der Waals surface area contributed by atoms with Crippen LogP contribution in [-0.4, -0.2) is 13.4 Å². The summed E-state index contributed by atoms with van der Waals surface area (Å²) < 4.78 is 22.8. The molecule has 0 aliphatic heterocycles. The molecular weight excluding hydrogens is 282 g/mol. The lowest BCUT2D eigenvalue weighted by atomic mass is 10.1. The van der Waals surface area contributed by atoms with Crippen molar-refractivity contribution >= 4 is 27.0 Å². The van der Waals surface area contributed by atoms with Crippen molar-refractivity contribution in [3.63, 3.8) is 0 Å². The zero-order valence-electron chi connectivity index (χ0n) is 10.7. The molecule has 1 aromatic heterocycles. The van der Waals surface area contributed by atoms with Gasteiger partial charge in [-0.1, -0.05) is 0 Å². The van der Waals surface area contributed by atoms with E-state index in [0.717, 1.165) is 21.8 Å². The highest BCUT2D eigenvalue weighted by Gasteiger charge is 2.12. The van der Waals surface area contributed by atoms with Gasteiger partial charge in [0.05, 0.1) is 11.4 Å². The van der Waals surface area contributed by atoms with Crippen LogP contribution in [0.25, 0.3) is 0 Å². The van der Waals surface area contributed by atoms with Gasteiger partial charge in [0, 0.05) is 17.3 Å². The monoisotopic (exact) mass is 297 g/mol. The molecule has 7 heteroatoms. The van der Waals surface area contributed by atoms with Gasteiger partial charge in [0.1, 0.15) is 5.01 Å². The minimum Gasteiger partial charge on any atom is -0.378 e. The van der Waals surface area contributed by atoms with Gasteiger partial charge in [-0.05, 0) is 37.1 Å². The van der Waals surface area contributed by atoms with Crippen molar-refractivity contribution < 1.29 is 8.42 Å². The van der Waals surface area contributed by atoms with Crippen LogP contribution in [0.1, 0.15) is 16.1 Å². The summed E-state index contributed by atoms with van der Waals surface area (Å²) in [6, 6.07) is 3.14. The van der Waals surface area contributed by atoms with E-state index in [1.807, 2.05) is 19.2 Å². The maximum atomic E-state index is 11.4. The number of aryl methyl sites for hydroxylation is 1. The standard InChI is InChI=1S/C12H15N3O2S2/c1-8-5-10(19(13,16)17)6-11(9(8)2)15-7-12-14-3-4-18-12/h3-6,15H,7H2,1-2H3,(H2,13,16,17). The molecule has 2 aromatic rings. The fourth-order valence-electron chi connectivity index (χ4n) is 1.69. The number of benzene rings is 1. The average Bonchev–Trinajstić information content (AvgIpc) is 2.82. The Kier molecular flexibility index (Phi) is 3.88. The summed E-state index contributed by atoms with van der Waals surface area (Å²) in [7, 11) is -3.69. The Balaban J connectivity index is 2.31. The van der Waals surface area contributed by atoms with Crippen molar-refractivity contribution in [1.82, 2.24) is 4.98 Å². The van der Waals surface area contributed by atoms with Crippen LogP contribution in [0.4, 0.5) is 5.69 Å². The molecule has 5 nitrogen and oxygen atoms in total. The minimum absolute atomic E-state index is 0.122. The first-order valence-corrected chi connectivity index (χ1v) is 8.07. The molecule has 0 atom stereocenters. The zero-order valence-corrected chi connectivity index (χ0v) is 12.3. The highest BCUT2D eigenvalue weighted by molar-refractivity contribution is 7.89. The highest BCUT2D eigenvalue weighted by atomic mass is 32.2. The van der Waals surface area contributed by atoms with Crippen LogP contribution >= 0.6 is 11.3 Å². The molecule has 1 heterocycles. The maximum Gasteiger partial charge on any atom is 0.238 e. The number of thiazole rings is 1. The molecule has 1 aromatic carbocycles. The van der Waals surface area contributed by atoms with E-state index in [2.05, 4.69) is 10.3 Å². The SMILES string of the molecule is Cc1cc(S(N)(=O)=O)cc(NCc2nccs2)c1C. The molecule has 0 saturated heterocycles. The lowest BCUT2D eigenvalue weighted by molar-refractivity contribution is 0.597. The van der Waals surface area contributed by atoms with E-state index in [1.165, 1.54) is 0 Å². The molecule has 0 unspecified atom stereocenters. The summed E-state index contributed by atoms with van der Waals surface area (Å²) in [6.07, 6.45) is 1.74. The smallest absolute Gasteiger partial charge is 0.238 e. The Bertz CT molecular complexity index is 679. The number of anilines is 1. The van der Waals surface area contributed by atoms with Gasteiger partial charge < -0.3 is 5.32 Å². The van der Waals surface area contributed by atoms with Crippen molar-refractivity contribution in [1.29, 1.82) is 0 Å². The Morgan fingerprint density at radius 3 is 2.68 bits per heavy atom. The van der Waals surface area contributed by atoms with Crippen molar-refractivity contribution in [3.05, 3.63) is 39.8 Å². The molecule has 102 valence electrons. The molecule has 0 bridgehead atoms. The first kappa shape index (κ1) is 14.0. The third kappa shape index (κ3) is 3.31. The van der Waals surface area contributed by atoms with Gasteiger partial charge in [-0.15, -0.1) is 11.3 Å². The first-order chi connectivity index (χ1) is 8.88. The molecule has 0 fully saturated rings. The van der Waals surface area contributed by atoms with Crippen LogP contribution in [0.2, 0.25) is 0 Å². The summed E-state index contributed by atoms with van der Waals surface area (Å²) in [6.45, 7) is 4.36. The van der Waals surface area contributed by atoms with Gasteiger partial charge in [0.15, 0.2) is 0 Å². The molecule has 0 saturated carbocycles. The molecule has 0 aliphatic carbocycles. The van der Waals surface area contributed by atoms with Crippen LogP contribution in [0, 0.1) is 13.8 Å². The third-order valence-corrected chi connectivity index (χ3v) is 4.56. The molecular formula is C12H15N3O2S2. The largest absolute Gasteiger partial charge is 0.378 e. The van der Waals surface area contributed by atoms with Crippen molar-refractivity contribution in [2.45, 2.75) is 25.3 Å². The van der Waals surface area contributed by atoms with E-state index in [0.29, 0.717) is 6.54 Å². The minimum atomic E-state index is -3.69. The summed E-state index contributed by atoms with van der Waals surface area (Å²) >= 11 is 1.55. The number of aromatic nitrogens is 1. The Morgan fingerprint density at radius 2 is 2.11 bits per heavy atom. The molecule has 3 N–H and O–H groups in total. The van der Waals surface area contributed by atoms with Gasteiger partial charge in [-0.3, -0.25) is 0 Å². The predicted octanol–water partition coefficient (Wildman–Crippen LogP) is 2.02. The molecule has 0 amide bonds. The highest BCUT2D eigenvalue weighted by Crippen LogP contribution is 2.24. The molecule has 2 rings (SSSR count). The van der Waals surface area contributed by atoms with E-state index in [-0.39, 0.29) is 4.90 Å². The predicted molar refractivity (Wildman–Crippen MR) is 76.7 cm³/mol. The Labute approximate surface area is 116 Å². The first-order valence-electron chi connectivity index (χ1n) is 5.64. The summed E-state index contributed by atoms with van der Waals surface area (Å²) in [5.74, 6) is 0. The van der Waals surface area contributed by atoms with E-state index in [9.17, 15) is 8.42 Å².